The lowest BCUT2D eigenvalue weighted by Crippen LogP contribution is -2.48. The fourth-order valence-corrected chi connectivity index (χ4v) is 2.02. The van der Waals surface area contributed by atoms with E-state index in [-0.39, 0.29) is 11.8 Å². The lowest BCUT2D eigenvalue weighted by atomic mass is 9.88. The third kappa shape index (κ3) is 2.32. The van der Waals surface area contributed by atoms with Crippen molar-refractivity contribution in [2.75, 3.05) is 18.4 Å². The van der Waals surface area contributed by atoms with Gasteiger partial charge in [0, 0.05) is 17.5 Å². The minimum Gasteiger partial charge on any atom is -0.316 e. The third-order valence-electron chi connectivity index (χ3n) is 2.69. The van der Waals surface area contributed by atoms with Crippen LogP contribution in [-0.2, 0) is 4.79 Å². The lowest BCUT2D eigenvalue weighted by molar-refractivity contribution is -0.121. The van der Waals surface area contributed by atoms with Crippen LogP contribution in [0, 0.1) is 18.8 Å². The second kappa shape index (κ2) is 4.24. The van der Waals surface area contributed by atoms with Crippen molar-refractivity contribution in [1.82, 2.24) is 14.7 Å². The second-order valence-corrected chi connectivity index (χ2v) is 4.59. The Morgan fingerprint density at radius 1 is 1.67 bits per heavy atom. The number of amides is 1. The van der Waals surface area contributed by atoms with E-state index in [1.807, 2.05) is 13.8 Å². The normalized spacial score (nSPS) is 18.3. The predicted octanol–water partition coefficient (Wildman–Crippen LogP) is 0.641. The number of aryl methyl sites for hydroxylation is 1. The van der Waals surface area contributed by atoms with Gasteiger partial charge < -0.3 is 10.6 Å². The molecule has 1 atom stereocenters. The number of hydrogen-bond acceptors (Lipinski definition) is 5. The van der Waals surface area contributed by atoms with E-state index >= 15 is 0 Å². The Hall–Kier alpha value is -1.01. The van der Waals surface area contributed by atoms with Gasteiger partial charge >= 0.3 is 0 Å². The summed E-state index contributed by atoms with van der Waals surface area (Å²) < 4.78 is 4.01. The Balaban J connectivity index is 1.91. The summed E-state index contributed by atoms with van der Waals surface area (Å²) in [6.07, 6.45) is 0. The van der Waals surface area contributed by atoms with Crippen LogP contribution in [-0.4, -0.2) is 28.4 Å². The first kappa shape index (κ1) is 10.5. The molecule has 0 radical (unpaired) electrons. The Morgan fingerprint density at radius 3 is 2.87 bits per heavy atom. The maximum atomic E-state index is 11.8. The summed E-state index contributed by atoms with van der Waals surface area (Å²) in [6, 6.07) is 0. The van der Waals surface area contributed by atoms with Gasteiger partial charge in [-0.25, -0.2) is 4.98 Å². The van der Waals surface area contributed by atoms with Crippen molar-refractivity contribution in [3.63, 3.8) is 0 Å². The molecule has 0 saturated carbocycles. The van der Waals surface area contributed by atoms with Crippen LogP contribution in [0.25, 0.3) is 0 Å². The van der Waals surface area contributed by atoms with E-state index in [2.05, 4.69) is 20.0 Å². The van der Waals surface area contributed by atoms with Gasteiger partial charge in [0.05, 0.1) is 0 Å². The molecule has 0 aromatic carbocycles. The van der Waals surface area contributed by atoms with Gasteiger partial charge in [-0.3, -0.25) is 4.79 Å². The fourth-order valence-electron chi connectivity index (χ4n) is 1.45. The van der Waals surface area contributed by atoms with Gasteiger partial charge in [-0.1, -0.05) is 6.92 Å². The Kier molecular flexibility index (Phi) is 2.97. The monoisotopic (exact) mass is 226 g/mol. The molecule has 1 aliphatic rings. The number of nitrogens with one attached hydrogen (secondary N) is 2. The molecule has 1 aromatic rings. The summed E-state index contributed by atoms with van der Waals surface area (Å²) in [7, 11) is 0. The summed E-state index contributed by atoms with van der Waals surface area (Å²) >= 11 is 1.22. The molecule has 1 aromatic heterocycles. The SMILES string of the molecule is Cc1nsc(NC(=O)C(C)C2CNC2)n1. The molecular formula is C9H14N4OS. The molecule has 0 bridgehead atoms. The van der Waals surface area contributed by atoms with Crippen molar-refractivity contribution in [2.45, 2.75) is 13.8 Å². The van der Waals surface area contributed by atoms with Crippen LogP contribution >= 0.6 is 11.5 Å². The minimum absolute atomic E-state index is 0.0375. The first-order valence-corrected chi connectivity index (χ1v) is 5.76. The van der Waals surface area contributed by atoms with Gasteiger partial charge in [0.15, 0.2) is 0 Å². The summed E-state index contributed by atoms with van der Waals surface area (Å²) in [5, 5.41) is 6.54. The van der Waals surface area contributed by atoms with Crippen molar-refractivity contribution in [2.24, 2.45) is 11.8 Å². The third-order valence-corrected chi connectivity index (χ3v) is 3.41. The van der Waals surface area contributed by atoms with Crippen LogP contribution in [0.5, 0.6) is 0 Å². The van der Waals surface area contributed by atoms with E-state index < -0.39 is 0 Å². The van der Waals surface area contributed by atoms with Crippen LogP contribution in [0.3, 0.4) is 0 Å². The zero-order valence-corrected chi connectivity index (χ0v) is 9.60. The van der Waals surface area contributed by atoms with Gasteiger partial charge in [-0.05, 0) is 25.9 Å². The zero-order chi connectivity index (χ0) is 10.8. The summed E-state index contributed by atoms with van der Waals surface area (Å²) in [4.78, 5) is 15.9. The lowest BCUT2D eigenvalue weighted by Gasteiger charge is -2.31. The summed E-state index contributed by atoms with van der Waals surface area (Å²) in [6.45, 7) is 5.63. The van der Waals surface area contributed by atoms with E-state index in [9.17, 15) is 4.79 Å². The maximum Gasteiger partial charge on any atom is 0.229 e. The molecule has 0 spiro atoms. The quantitative estimate of drug-likeness (QED) is 0.793. The highest BCUT2D eigenvalue weighted by Gasteiger charge is 2.29. The molecule has 0 aliphatic carbocycles. The molecule has 82 valence electrons. The molecule has 2 N–H and O–H groups in total. The van der Waals surface area contributed by atoms with E-state index in [1.165, 1.54) is 11.5 Å². The topological polar surface area (TPSA) is 66.9 Å². The predicted molar refractivity (Wildman–Crippen MR) is 58.8 cm³/mol. The van der Waals surface area contributed by atoms with Crippen molar-refractivity contribution < 1.29 is 4.79 Å². The number of carbonyl (C=O) groups excluding carboxylic acids is 1. The van der Waals surface area contributed by atoms with Gasteiger partial charge in [0.2, 0.25) is 11.0 Å². The van der Waals surface area contributed by atoms with Crippen LogP contribution < -0.4 is 10.6 Å². The van der Waals surface area contributed by atoms with E-state index in [0.717, 1.165) is 13.1 Å². The van der Waals surface area contributed by atoms with Crippen molar-refractivity contribution in [3.05, 3.63) is 5.82 Å². The smallest absolute Gasteiger partial charge is 0.229 e. The number of rotatable bonds is 3. The molecule has 6 heteroatoms. The minimum atomic E-state index is 0.0375. The summed E-state index contributed by atoms with van der Waals surface area (Å²) in [5.41, 5.74) is 0. The number of anilines is 1. The van der Waals surface area contributed by atoms with Crippen molar-refractivity contribution >= 4 is 22.6 Å². The average molecular weight is 226 g/mol. The first-order chi connectivity index (χ1) is 7.16. The number of aromatic nitrogens is 2. The van der Waals surface area contributed by atoms with Gasteiger partial charge in [0.25, 0.3) is 0 Å². The average Bonchev–Trinajstić information content (AvgIpc) is 2.48. The molecule has 1 fully saturated rings. The highest BCUT2D eigenvalue weighted by Crippen LogP contribution is 2.18. The molecule has 1 unspecified atom stereocenters. The molecule has 5 nitrogen and oxygen atoms in total. The molecular weight excluding hydrogens is 212 g/mol. The first-order valence-electron chi connectivity index (χ1n) is 4.98. The van der Waals surface area contributed by atoms with Crippen molar-refractivity contribution in [3.8, 4) is 0 Å². The number of nitrogens with zero attached hydrogens (tertiary/aromatic N) is 2. The standard InChI is InChI=1S/C9H14N4OS/c1-5(7-3-10-4-7)8(14)12-9-11-6(2)13-15-9/h5,7,10H,3-4H2,1-2H3,(H,11,12,13,14). The zero-order valence-electron chi connectivity index (χ0n) is 8.78. The Morgan fingerprint density at radius 2 is 2.40 bits per heavy atom. The fraction of sp³-hybridized carbons (Fsp3) is 0.667. The van der Waals surface area contributed by atoms with Gasteiger partial charge in [0.1, 0.15) is 5.82 Å². The highest BCUT2D eigenvalue weighted by atomic mass is 32.1. The highest BCUT2D eigenvalue weighted by molar-refractivity contribution is 7.09. The number of hydrogen-bond donors (Lipinski definition) is 2. The van der Waals surface area contributed by atoms with Crippen LogP contribution in [0.1, 0.15) is 12.7 Å². The van der Waals surface area contributed by atoms with E-state index in [0.29, 0.717) is 16.9 Å². The second-order valence-electron chi connectivity index (χ2n) is 3.84. The molecule has 1 saturated heterocycles. The molecule has 1 aliphatic heterocycles. The molecule has 15 heavy (non-hydrogen) atoms. The van der Waals surface area contributed by atoms with Gasteiger partial charge in [-0.15, -0.1) is 0 Å². The van der Waals surface area contributed by atoms with E-state index in [4.69, 9.17) is 0 Å². The van der Waals surface area contributed by atoms with E-state index in [1.54, 1.807) is 0 Å². The molecule has 2 rings (SSSR count). The maximum absolute atomic E-state index is 11.8. The number of carbonyl (C=O) groups is 1. The van der Waals surface area contributed by atoms with Crippen molar-refractivity contribution in [1.29, 1.82) is 0 Å². The Labute approximate surface area is 92.5 Å². The molecule has 1 amide bonds. The Bertz CT molecular complexity index is 361. The van der Waals surface area contributed by atoms with Crippen LogP contribution in [0.4, 0.5) is 5.13 Å². The van der Waals surface area contributed by atoms with Gasteiger partial charge in [-0.2, -0.15) is 4.37 Å². The largest absolute Gasteiger partial charge is 0.316 e. The van der Waals surface area contributed by atoms with Crippen LogP contribution in [0.15, 0.2) is 0 Å². The summed E-state index contributed by atoms with van der Waals surface area (Å²) in [5.74, 6) is 1.24. The molecule has 2 heterocycles. The van der Waals surface area contributed by atoms with Crippen LogP contribution in [0.2, 0.25) is 0 Å².